The van der Waals surface area contributed by atoms with Crippen molar-refractivity contribution < 1.29 is 9.53 Å². The van der Waals surface area contributed by atoms with Crippen molar-refractivity contribution in [2.75, 3.05) is 31.6 Å². The highest BCUT2D eigenvalue weighted by Gasteiger charge is 2.13. The second kappa shape index (κ2) is 8.15. The van der Waals surface area contributed by atoms with E-state index in [2.05, 4.69) is 26.5 Å². The summed E-state index contributed by atoms with van der Waals surface area (Å²) in [5.41, 5.74) is 2.31. The molecule has 3 heterocycles. The van der Waals surface area contributed by atoms with Crippen molar-refractivity contribution >= 4 is 11.6 Å². The number of aromatic nitrogens is 4. The van der Waals surface area contributed by atoms with E-state index in [-0.39, 0.29) is 5.91 Å². The molecule has 1 amide bonds. The number of anilines is 1. The van der Waals surface area contributed by atoms with Gasteiger partial charge >= 0.3 is 0 Å². The van der Waals surface area contributed by atoms with Crippen LogP contribution in [0.1, 0.15) is 16.1 Å². The van der Waals surface area contributed by atoms with Crippen LogP contribution in [-0.2, 0) is 18.0 Å². The van der Waals surface area contributed by atoms with Gasteiger partial charge in [-0.15, -0.1) is 0 Å². The molecule has 4 rings (SSSR count). The summed E-state index contributed by atoms with van der Waals surface area (Å²) in [6, 6.07) is 11.5. The van der Waals surface area contributed by atoms with Gasteiger partial charge in [0.05, 0.1) is 13.2 Å². The zero-order valence-corrected chi connectivity index (χ0v) is 15.0. The number of carbonyl (C=O) groups excluding carboxylic acids is 1. The Kier molecular flexibility index (Phi) is 5.27. The summed E-state index contributed by atoms with van der Waals surface area (Å²) in [5.74, 6) is -0.224. The van der Waals surface area contributed by atoms with Gasteiger partial charge in [-0.25, -0.2) is 0 Å². The van der Waals surface area contributed by atoms with Gasteiger partial charge in [-0.2, -0.15) is 10.2 Å². The Balaban J connectivity index is 1.37. The van der Waals surface area contributed by atoms with Gasteiger partial charge in [0, 0.05) is 43.9 Å². The molecule has 8 nitrogen and oxygen atoms in total. The zero-order chi connectivity index (χ0) is 18.5. The molecule has 8 heteroatoms. The molecule has 2 aromatic heterocycles. The SMILES string of the molecule is O=C(Nc1cccc(CN2CCOCC2)c1)c1ccn(Cn2cccn2)n1. The minimum Gasteiger partial charge on any atom is -0.379 e. The number of rotatable bonds is 6. The van der Waals surface area contributed by atoms with Gasteiger partial charge in [0.2, 0.25) is 0 Å². The average Bonchev–Trinajstić information content (AvgIpc) is 3.35. The summed E-state index contributed by atoms with van der Waals surface area (Å²) in [4.78, 5) is 14.8. The van der Waals surface area contributed by atoms with Crippen molar-refractivity contribution in [1.82, 2.24) is 24.5 Å². The highest BCUT2D eigenvalue weighted by molar-refractivity contribution is 6.02. The van der Waals surface area contributed by atoms with Crippen LogP contribution in [0.15, 0.2) is 55.0 Å². The molecule has 1 saturated heterocycles. The van der Waals surface area contributed by atoms with Gasteiger partial charge in [0.1, 0.15) is 6.67 Å². The first-order valence-electron chi connectivity index (χ1n) is 8.97. The molecule has 1 aliphatic heterocycles. The van der Waals surface area contributed by atoms with Gasteiger partial charge in [0.25, 0.3) is 5.91 Å². The molecule has 0 unspecified atom stereocenters. The van der Waals surface area contributed by atoms with Crippen LogP contribution < -0.4 is 5.32 Å². The van der Waals surface area contributed by atoms with Crippen LogP contribution >= 0.6 is 0 Å². The van der Waals surface area contributed by atoms with Crippen LogP contribution in [0.4, 0.5) is 5.69 Å². The van der Waals surface area contributed by atoms with E-state index in [0.717, 1.165) is 38.5 Å². The Hall–Kier alpha value is -2.97. The molecule has 140 valence electrons. The zero-order valence-electron chi connectivity index (χ0n) is 15.0. The van der Waals surface area contributed by atoms with E-state index < -0.39 is 0 Å². The molecule has 27 heavy (non-hydrogen) atoms. The summed E-state index contributed by atoms with van der Waals surface area (Å²) in [5, 5.41) is 11.4. The lowest BCUT2D eigenvalue weighted by atomic mass is 10.2. The highest BCUT2D eigenvalue weighted by atomic mass is 16.5. The third-order valence-electron chi connectivity index (χ3n) is 4.42. The molecule has 0 radical (unpaired) electrons. The summed E-state index contributed by atoms with van der Waals surface area (Å²) in [7, 11) is 0. The molecule has 1 N–H and O–H groups in total. The van der Waals surface area contributed by atoms with Crippen LogP contribution in [0.25, 0.3) is 0 Å². The lowest BCUT2D eigenvalue weighted by molar-refractivity contribution is 0.0342. The fraction of sp³-hybridized carbons (Fsp3) is 0.316. The standard InChI is InChI=1S/C19H22N6O2/c26-19(18-5-8-25(22-18)15-24-7-2-6-20-24)21-17-4-1-3-16(13-17)14-23-9-11-27-12-10-23/h1-8,13H,9-12,14-15H2,(H,21,26). The van der Waals surface area contributed by atoms with Crippen LogP contribution in [0.5, 0.6) is 0 Å². The lowest BCUT2D eigenvalue weighted by Crippen LogP contribution is -2.35. The molecule has 1 aliphatic rings. The molecule has 0 bridgehead atoms. The average molecular weight is 366 g/mol. The molecule has 0 spiro atoms. The number of nitrogens with zero attached hydrogens (tertiary/aromatic N) is 5. The smallest absolute Gasteiger partial charge is 0.276 e. The molecule has 0 atom stereocenters. The van der Waals surface area contributed by atoms with Crippen LogP contribution in [0.2, 0.25) is 0 Å². The normalized spacial score (nSPS) is 15.0. The van der Waals surface area contributed by atoms with E-state index in [1.54, 1.807) is 27.8 Å². The fourth-order valence-electron chi connectivity index (χ4n) is 3.05. The van der Waals surface area contributed by atoms with Crippen molar-refractivity contribution in [3.8, 4) is 0 Å². The van der Waals surface area contributed by atoms with E-state index in [9.17, 15) is 4.79 Å². The third kappa shape index (κ3) is 4.60. The molecular formula is C19H22N6O2. The lowest BCUT2D eigenvalue weighted by Gasteiger charge is -2.26. The van der Waals surface area contributed by atoms with Gasteiger partial charge in [-0.05, 0) is 29.8 Å². The monoisotopic (exact) mass is 366 g/mol. The number of ether oxygens (including phenoxy) is 1. The molecular weight excluding hydrogens is 344 g/mol. The number of nitrogens with one attached hydrogen (secondary N) is 1. The van der Waals surface area contributed by atoms with Crippen molar-refractivity contribution in [3.05, 3.63) is 66.2 Å². The van der Waals surface area contributed by atoms with Gasteiger partial charge < -0.3 is 10.1 Å². The maximum Gasteiger partial charge on any atom is 0.276 e. The van der Waals surface area contributed by atoms with E-state index >= 15 is 0 Å². The highest BCUT2D eigenvalue weighted by Crippen LogP contribution is 2.14. The van der Waals surface area contributed by atoms with Crippen molar-refractivity contribution in [2.24, 2.45) is 0 Å². The summed E-state index contributed by atoms with van der Waals surface area (Å²) in [6.45, 7) is 4.74. The number of amides is 1. The van der Waals surface area contributed by atoms with Crippen LogP contribution in [-0.4, -0.2) is 56.7 Å². The quantitative estimate of drug-likeness (QED) is 0.718. The van der Waals surface area contributed by atoms with Crippen molar-refractivity contribution in [3.63, 3.8) is 0 Å². The molecule has 0 aliphatic carbocycles. The predicted molar refractivity (Wildman–Crippen MR) is 100 cm³/mol. The Bertz CT molecular complexity index is 883. The second-order valence-electron chi connectivity index (χ2n) is 6.47. The number of hydrogen-bond donors (Lipinski definition) is 1. The first-order valence-corrected chi connectivity index (χ1v) is 8.97. The van der Waals surface area contributed by atoms with Gasteiger partial charge in [-0.3, -0.25) is 19.1 Å². The fourth-order valence-corrected chi connectivity index (χ4v) is 3.05. The Labute approximate surface area is 157 Å². The second-order valence-corrected chi connectivity index (χ2v) is 6.47. The van der Waals surface area contributed by atoms with E-state index in [4.69, 9.17) is 4.74 Å². The molecule has 3 aromatic rings. The molecule has 1 fully saturated rings. The third-order valence-corrected chi connectivity index (χ3v) is 4.42. The summed E-state index contributed by atoms with van der Waals surface area (Å²) in [6.07, 6.45) is 5.33. The molecule has 1 aromatic carbocycles. The van der Waals surface area contributed by atoms with Crippen molar-refractivity contribution in [2.45, 2.75) is 13.2 Å². The first kappa shape index (κ1) is 17.4. The Morgan fingerprint density at radius 1 is 1.11 bits per heavy atom. The number of carbonyl (C=O) groups is 1. The number of morpholine rings is 1. The Morgan fingerprint density at radius 3 is 2.81 bits per heavy atom. The minimum absolute atomic E-state index is 0.224. The summed E-state index contributed by atoms with van der Waals surface area (Å²) >= 11 is 0. The number of benzene rings is 1. The maximum atomic E-state index is 12.5. The van der Waals surface area contributed by atoms with E-state index in [1.165, 1.54) is 5.56 Å². The van der Waals surface area contributed by atoms with E-state index in [1.807, 2.05) is 30.5 Å². The maximum absolute atomic E-state index is 12.5. The first-order chi connectivity index (χ1) is 13.3. The van der Waals surface area contributed by atoms with E-state index in [0.29, 0.717) is 12.4 Å². The topological polar surface area (TPSA) is 77.2 Å². The molecule has 0 saturated carbocycles. The number of hydrogen-bond acceptors (Lipinski definition) is 5. The summed E-state index contributed by atoms with van der Waals surface area (Å²) < 4.78 is 8.80. The minimum atomic E-state index is -0.224. The van der Waals surface area contributed by atoms with Crippen molar-refractivity contribution in [1.29, 1.82) is 0 Å². The van der Waals surface area contributed by atoms with Gasteiger partial charge in [-0.1, -0.05) is 12.1 Å². The predicted octanol–water partition coefficient (Wildman–Crippen LogP) is 1.67. The van der Waals surface area contributed by atoms with Gasteiger partial charge in [0.15, 0.2) is 5.69 Å². The van der Waals surface area contributed by atoms with Crippen LogP contribution in [0.3, 0.4) is 0 Å². The Morgan fingerprint density at radius 2 is 2.00 bits per heavy atom. The largest absolute Gasteiger partial charge is 0.379 e. The van der Waals surface area contributed by atoms with Crippen LogP contribution in [0, 0.1) is 0 Å².